The van der Waals surface area contributed by atoms with E-state index in [1.165, 1.54) is 0 Å². The number of nitrogens with zero attached hydrogens (tertiary/aromatic N) is 1. The Bertz CT molecular complexity index is 1520. The summed E-state index contributed by atoms with van der Waals surface area (Å²) in [7, 11) is 0.667. The van der Waals surface area contributed by atoms with Crippen LogP contribution in [0.25, 0.3) is 44.2 Å². The second-order valence-corrected chi connectivity index (χ2v) is 8.64. The molecule has 1 unspecified atom stereocenters. The maximum absolute atomic E-state index is 11.9. The Labute approximate surface area is 182 Å². The second kappa shape index (κ2) is 7.56. The van der Waals surface area contributed by atoms with Crippen LogP contribution in [0, 0.1) is 5.41 Å². The fourth-order valence-electron chi connectivity index (χ4n) is 3.98. The molecule has 5 aromatic rings. The first-order valence-electron chi connectivity index (χ1n) is 9.88. The van der Waals surface area contributed by atoms with Gasteiger partial charge in [0, 0.05) is 52.7 Å². The lowest BCUT2D eigenvalue weighted by Crippen LogP contribution is -2.16. The zero-order valence-corrected chi connectivity index (χ0v) is 18.0. The number of pyridine rings is 1. The molecule has 6 heteroatoms. The predicted octanol–water partition coefficient (Wildman–Crippen LogP) is 5.44. The lowest BCUT2D eigenvalue weighted by atomic mass is 9.98. The van der Waals surface area contributed by atoms with Gasteiger partial charge in [0.05, 0.1) is 0 Å². The zero-order valence-electron chi connectivity index (χ0n) is 17.2. The Kier molecular flexibility index (Phi) is 4.71. The smallest absolute Gasteiger partial charge is 0.142 e. The van der Waals surface area contributed by atoms with Crippen LogP contribution in [-0.2, 0) is 18.0 Å². The Morgan fingerprint density at radius 1 is 0.935 bits per heavy atom. The molecule has 0 bridgehead atoms. The highest BCUT2D eigenvalue weighted by Crippen LogP contribution is 2.39. The Balaban J connectivity index is 1.85. The molecule has 1 atom stereocenters. The molecule has 3 aromatic carbocycles. The van der Waals surface area contributed by atoms with Gasteiger partial charge in [0.15, 0.2) is 0 Å². The van der Waals surface area contributed by atoms with E-state index < -0.39 is 11.0 Å². The molecular weight excluding hydrogens is 406 g/mol. The van der Waals surface area contributed by atoms with E-state index in [-0.39, 0.29) is 0 Å². The third-order valence-electron chi connectivity index (χ3n) is 5.37. The second-order valence-electron chi connectivity index (χ2n) is 7.52. The van der Waals surface area contributed by atoms with Crippen molar-refractivity contribution in [3.05, 3.63) is 84.5 Å². The van der Waals surface area contributed by atoms with Crippen LogP contribution in [-0.4, -0.2) is 15.0 Å². The minimum Gasteiger partial charge on any atom is -0.455 e. The normalized spacial score (nSPS) is 12.3. The van der Waals surface area contributed by atoms with Crippen LogP contribution < -0.4 is 10.2 Å². The van der Waals surface area contributed by atoms with Gasteiger partial charge in [0.1, 0.15) is 27.8 Å². The Hall–Kier alpha value is -3.64. The summed E-state index contributed by atoms with van der Waals surface area (Å²) < 4.78 is 23.1. The Morgan fingerprint density at radius 3 is 2.39 bits per heavy atom. The molecule has 0 fully saturated rings. The monoisotopic (exact) mass is 427 g/mol. The van der Waals surface area contributed by atoms with E-state index >= 15 is 0 Å². The quantitative estimate of drug-likeness (QED) is 0.401. The van der Waals surface area contributed by atoms with Crippen molar-refractivity contribution in [2.75, 3.05) is 11.0 Å². The summed E-state index contributed by atoms with van der Waals surface area (Å²) in [6.07, 6.45) is 3.57. The molecule has 0 saturated heterocycles. The number of nitrogens with one attached hydrogen (secondary N) is 2. The summed E-state index contributed by atoms with van der Waals surface area (Å²) in [5.74, 6) is 0.775. The van der Waals surface area contributed by atoms with Crippen molar-refractivity contribution in [1.29, 1.82) is 5.41 Å². The first kappa shape index (κ1) is 19.3. The molecule has 5 rings (SSSR count). The first-order valence-corrected chi connectivity index (χ1v) is 11.4. The minimum atomic E-state index is -1.20. The molecule has 154 valence electrons. The van der Waals surface area contributed by atoms with Crippen molar-refractivity contribution >= 4 is 38.4 Å². The van der Waals surface area contributed by atoms with Crippen LogP contribution in [0.15, 0.2) is 83.4 Å². The summed E-state index contributed by atoms with van der Waals surface area (Å²) >= 11 is 0. The van der Waals surface area contributed by atoms with Crippen LogP contribution in [0.2, 0.25) is 0 Å². The lowest BCUT2D eigenvalue weighted by Gasteiger charge is -2.13. The molecule has 0 amide bonds. The highest BCUT2D eigenvalue weighted by Gasteiger charge is 2.16. The van der Waals surface area contributed by atoms with Crippen molar-refractivity contribution < 1.29 is 8.63 Å². The third-order valence-corrected chi connectivity index (χ3v) is 5.90. The van der Waals surface area contributed by atoms with E-state index in [0.29, 0.717) is 5.49 Å². The van der Waals surface area contributed by atoms with E-state index in [0.717, 1.165) is 49.9 Å². The van der Waals surface area contributed by atoms with Gasteiger partial charge in [0.25, 0.3) is 0 Å². The van der Waals surface area contributed by atoms with Crippen LogP contribution in [0.3, 0.4) is 0 Å². The first-order chi connectivity index (χ1) is 15.0. The molecule has 0 spiro atoms. The van der Waals surface area contributed by atoms with Crippen LogP contribution in [0.4, 0.5) is 5.69 Å². The standard InChI is InChI=1S/C25H21N3O2S/c1-28-15-22(19-10-6-7-11-20(19)25(28)26)21-14-18(27-31(2)29)12-17-13-23(30-24(17)21)16-8-4-3-5-9-16/h3-15,26-27H,1-2H3. The molecule has 31 heavy (non-hydrogen) atoms. The van der Waals surface area contributed by atoms with Crippen LogP contribution >= 0.6 is 0 Å². The Morgan fingerprint density at radius 2 is 1.65 bits per heavy atom. The van der Waals surface area contributed by atoms with Crippen LogP contribution in [0.1, 0.15) is 0 Å². The van der Waals surface area contributed by atoms with Gasteiger partial charge in [-0.1, -0.05) is 54.6 Å². The fraction of sp³-hybridized carbons (Fsp3) is 0.0800. The number of anilines is 1. The summed E-state index contributed by atoms with van der Waals surface area (Å²) in [4.78, 5) is 0. The summed E-state index contributed by atoms with van der Waals surface area (Å²) in [5.41, 5.74) is 4.80. The molecule has 0 aliphatic carbocycles. The number of aryl methyl sites for hydroxylation is 1. The molecule has 0 aliphatic heterocycles. The van der Waals surface area contributed by atoms with Gasteiger partial charge < -0.3 is 13.7 Å². The van der Waals surface area contributed by atoms with E-state index in [1.54, 1.807) is 6.26 Å². The van der Waals surface area contributed by atoms with E-state index in [4.69, 9.17) is 9.83 Å². The summed E-state index contributed by atoms with van der Waals surface area (Å²) in [6.45, 7) is 0. The van der Waals surface area contributed by atoms with Gasteiger partial charge in [-0.15, -0.1) is 0 Å². The van der Waals surface area contributed by atoms with E-state index in [1.807, 2.05) is 90.6 Å². The van der Waals surface area contributed by atoms with E-state index in [2.05, 4.69) is 4.72 Å². The minimum absolute atomic E-state index is 0.448. The number of hydrogen-bond donors (Lipinski definition) is 2. The van der Waals surface area contributed by atoms with Crippen molar-refractivity contribution in [3.8, 4) is 22.5 Å². The molecular formula is C25H21N3O2S. The molecule has 2 N–H and O–H groups in total. The fourth-order valence-corrected chi connectivity index (χ4v) is 4.43. The average molecular weight is 428 g/mol. The molecule has 0 saturated carbocycles. The van der Waals surface area contributed by atoms with Crippen molar-refractivity contribution in [1.82, 2.24) is 4.57 Å². The molecule has 2 heterocycles. The van der Waals surface area contributed by atoms with Gasteiger partial charge in [-0.05, 0) is 23.6 Å². The maximum atomic E-state index is 11.9. The topological polar surface area (TPSA) is 71.0 Å². The third kappa shape index (κ3) is 3.45. The highest BCUT2D eigenvalue weighted by atomic mass is 32.2. The highest BCUT2D eigenvalue weighted by molar-refractivity contribution is 7.85. The molecule has 5 nitrogen and oxygen atoms in total. The van der Waals surface area contributed by atoms with E-state index in [9.17, 15) is 4.21 Å². The largest absolute Gasteiger partial charge is 0.455 e. The zero-order chi connectivity index (χ0) is 21.5. The molecule has 2 aromatic heterocycles. The SMILES string of the molecule is Cn1cc(-c2cc(NS(C)=O)cc3cc(-c4ccccc4)oc23)c2ccccc2c1=N. The number of hydrogen-bond acceptors (Lipinski definition) is 3. The number of furan rings is 1. The van der Waals surface area contributed by atoms with Gasteiger partial charge in [-0.3, -0.25) is 5.41 Å². The van der Waals surface area contributed by atoms with Gasteiger partial charge >= 0.3 is 0 Å². The van der Waals surface area contributed by atoms with Crippen molar-refractivity contribution in [2.24, 2.45) is 7.05 Å². The number of rotatable bonds is 4. The molecule has 0 radical (unpaired) electrons. The van der Waals surface area contributed by atoms with Crippen molar-refractivity contribution in [2.45, 2.75) is 0 Å². The number of aromatic nitrogens is 1. The number of benzene rings is 3. The summed E-state index contributed by atoms with van der Waals surface area (Å²) in [6, 6.07) is 23.8. The predicted molar refractivity (Wildman–Crippen MR) is 127 cm³/mol. The van der Waals surface area contributed by atoms with Gasteiger partial charge in [-0.2, -0.15) is 0 Å². The number of fused-ring (bicyclic) bond motifs is 2. The van der Waals surface area contributed by atoms with Crippen molar-refractivity contribution in [3.63, 3.8) is 0 Å². The van der Waals surface area contributed by atoms with Gasteiger partial charge in [-0.25, -0.2) is 4.21 Å². The summed E-state index contributed by atoms with van der Waals surface area (Å²) in [5, 5.41) is 11.2. The molecule has 0 aliphatic rings. The maximum Gasteiger partial charge on any atom is 0.142 e. The average Bonchev–Trinajstić information content (AvgIpc) is 3.20. The van der Waals surface area contributed by atoms with Gasteiger partial charge in [0.2, 0.25) is 0 Å². The van der Waals surface area contributed by atoms with Crippen LogP contribution in [0.5, 0.6) is 0 Å². The lowest BCUT2D eigenvalue weighted by molar-refractivity contribution is 0.632.